The van der Waals surface area contributed by atoms with Crippen LogP contribution in [0.15, 0.2) is 11.8 Å². The fourth-order valence-corrected chi connectivity index (χ4v) is 3.43. The molecule has 2 unspecified atom stereocenters. The molecule has 1 heterocycles. The molecule has 2 saturated carbocycles. The Morgan fingerprint density at radius 3 is 3.00 bits per heavy atom. The first-order valence-electron chi connectivity index (χ1n) is 5.24. The molecule has 2 aliphatic carbocycles. The summed E-state index contributed by atoms with van der Waals surface area (Å²) in [7, 11) is 1.63. The van der Waals surface area contributed by atoms with E-state index in [1.165, 1.54) is 25.3 Å². The van der Waals surface area contributed by atoms with Crippen LogP contribution in [0.1, 0.15) is 25.7 Å². The minimum absolute atomic E-state index is 0.227. The van der Waals surface area contributed by atoms with Gasteiger partial charge in [0.25, 0.3) is 0 Å². The standard InChI is InChI=1S/C11H14O3/c1-13-9-5-10(12)14-11(9)6-7-2-3-8(11)4-7/h5,7-8H,2-4,6H2,1H3/t7?,8?,11-/m1/s1. The van der Waals surface area contributed by atoms with Gasteiger partial charge in [-0.05, 0) is 31.6 Å². The minimum atomic E-state index is -0.366. The third kappa shape index (κ3) is 0.851. The molecular weight excluding hydrogens is 180 g/mol. The third-order valence-electron chi connectivity index (χ3n) is 3.96. The van der Waals surface area contributed by atoms with Crippen LogP contribution in [-0.2, 0) is 14.3 Å². The van der Waals surface area contributed by atoms with Crippen LogP contribution < -0.4 is 0 Å². The van der Waals surface area contributed by atoms with Crippen LogP contribution in [0.25, 0.3) is 0 Å². The summed E-state index contributed by atoms with van der Waals surface area (Å²) in [5.41, 5.74) is -0.366. The molecule has 0 saturated heterocycles. The Labute approximate surface area is 83.1 Å². The van der Waals surface area contributed by atoms with Crippen molar-refractivity contribution < 1.29 is 14.3 Å². The second-order valence-corrected chi connectivity index (χ2v) is 4.60. The SMILES string of the molecule is COC1=CC(=O)O[C@@]12CC1CCC2C1. The van der Waals surface area contributed by atoms with Gasteiger partial charge in [-0.2, -0.15) is 0 Å². The molecule has 0 amide bonds. The highest BCUT2D eigenvalue weighted by Gasteiger charge is 2.59. The Morgan fingerprint density at radius 2 is 2.43 bits per heavy atom. The largest absolute Gasteiger partial charge is 0.497 e. The molecule has 3 rings (SSSR count). The smallest absolute Gasteiger partial charge is 0.335 e. The Morgan fingerprint density at radius 1 is 1.57 bits per heavy atom. The van der Waals surface area contributed by atoms with Gasteiger partial charge in [-0.3, -0.25) is 0 Å². The van der Waals surface area contributed by atoms with Crippen molar-refractivity contribution in [3.05, 3.63) is 11.8 Å². The highest BCUT2D eigenvalue weighted by atomic mass is 16.6. The minimum Gasteiger partial charge on any atom is -0.497 e. The number of methoxy groups -OCH3 is 1. The molecular formula is C11H14O3. The summed E-state index contributed by atoms with van der Waals surface area (Å²) in [6.07, 6.45) is 6.16. The molecule has 3 aliphatic rings. The zero-order valence-electron chi connectivity index (χ0n) is 8.29. The summed E-state index contributed by atoms with van der Waals surface area (Å²) in [6.45, 7) is 0. The lowest BCUT2D eigenvalue weighted by molar-refractivity contribution is -0.152. The van der Waals surface area contributed by atoms with Gasteiger partial charge in [0.1, 0.15) is 5.76 Å². The predicted octanol–water partition coefficient (Wildman–Crippen LogP) is 1.63. The van der Waals surface area contributed by atoms with Gasteiger partial charge in [0.15, 0.2) is 5.60 Å². The highest BCUT2D eigenvalue weighted by Crippen LogP contribution is 2.57. The molecule has 14 heavy (non-hydrogen) atoms. The zero-order chi connectivity index (χ0) is 9.76. The van der Waals surface area contributed by atoms with Crippen molar-refractivity contribution in [1.82, 2.24) is 0 Å². The Hall–Kier alpha value is -0.990. The molecule has 0 aromatic rings. The monoisotopic (exact) mass is 194 g/mol. The van der Waals surface area contributed by atoms with Crippen LogP contribution in [0, 0.1) is 11.8 Å². The summed E-state index contributed by atoms with van der Waals surface area (Å²) < 4.78 is 10.8. The van der Waals surface area contributed by atoms with E-state index in [-0.39, 0.29) is 11.6 Å². The summed E-state index contributed by atoms with van der Waals surface area (Å²) in [6, 6.07) is 0. The van der Waals surface area contributed by atoms with Crippen LogP contribution in [0.5, 0.6) is 0 Å². The van der Waals surface area contributed by atoms with E-state index in [0.29, 0.717) is 5.92 Å². The molecule has 3 heteroatoms. The maximum Gasteiger partial charge on any atom is 0.335 e. The molecule has 76 valence electrons. The summed E-state index contributed by atoms with van der Waals surface area (Å²) in [4.78, 5) is 11.3. The van der Waals surface area contributed by atoms with Gasteiger partial charge >= 0.3 is 5.97 Å². The van der Waals surface area contributed by atoms with E-state index in [1.54, 1.807) is 7.11 Å². The first-order chi connectivity index (χ1) is 6.74. The van der Waals surface area contributed by atoms with Crippen molar-refractivity contribution in [3.63, 3.8) is 0 Å². The maximum atomic E-state index is 11.3. The number of carbonyl (C=O) groups is 1. The number of fused-ring (bicyclic) bond motifs is 3. The van der Waals surface area contributed by atoms with Crippen LogP contribution in [-0.4, -0.2) is 18.7 Å². The van der Waals surface area contributed by atoms with E-state index >= 15 is 0 Å². The predicted molar refractivity (Wildman–Crippen MR) is 49.4 cm³/mol. The molecule has 0 radical (unpaired) electrons. The fourth-order valence-electron chi connectivity index (χ4n) is 3.43. The number of esters is 1. The quantitative estimate of drug-likeness (QED) is 0.595. The molecule has 1 spiro atoms. The molecule has 0 N–H and O–H groups in total. The Kier molecular flexibility index (Phi) is 1.50. The second kappa shape index (κ2) is 2.53. The van der Waals surface area contributed by atoms with Crippen LogP contribution in [0.2, 0.25) is 0 Å². The number of rotatable bonds is 1. The van der Waals surface area contributed by atoms with E-state index in [4.69, 9.17) is 9.47 Å². The van der Waals surface area contributed by atoms with Gasteiger partial charge in [-0.1, -0.05) is 0 Å². The molecule has 0 aromatic carbocycles. The average molecular weight is 194 g/mol. The number of carbonyl (C=O) groups excluding carboxylic acids is 1. The van der Waals surface area contributed by atoms with E-state index in [0.717, 1.165) is 18.1 Å². The van der Waals surface area contributed by atoms with Crippen LogP contribution in [0.4, 0.5) is 0 Å². The number of ether oxygens (including phenoxy) is 2. The van der Waals surface area contributed by atoms with E-state index in [9.17, 15) is 4.79 Å². The first kappa shape index (κ1) is 8.33. The molecule has 0 aromatic heterocycles. The lowest BCUT2D eigenvalue weighted by Crippen LogP contribution is -2.38. The van der Waals surface area contributed by atoms with E-state index in [1.807, 2.05) is 0 Å². The summed E-state index contributed by atoms with van der Waals surface area (Å²) in [5, 5.41) is 0. The fraction of sp³-hybridized carbons (Fsp3) is 0.727. The van der Waals surface area contributed by atoms with Crippen molar-refractivity contribution in [2.75, 3.05) is 7.11 Å². The Balaban J connectivity index is 1.98. The molecule has 2 fully saturated rings. The average Bonchev–Trinajstić information content (AvgIpc) is 2.80. The van der Waals surface area contributed by atoms with Crippen molar-refractivity contribution in [3.8, 4) is 0 Å². The number of hydrogen-bond acceptors (Lipinski definition) is 3. The van der Waals surface area contributed by atoms with Gasteiger partial charge in [0, 0.05) is 5.92 Å². The lowest BCUT2D eigenvalue weighted by Gasteiger charge is -2.33. The van der Waals surface area contributed by atoms with E-state index in [2.05, 4.69) is 0 Å². The maximum absolute atomic E-state index is 11.3. The highest BCUT2D eigenvalue weighted by molar-refractivity contribution is 5.86. The van der Waals surface area contributed by atoms with Gasteiger partial charge in [0.2, 0.25) is 0 Å². The van der Waals surface area contributed by atoms with Crippen LogP contribution in [0.3, 0.4) is 0 Å². The first-order valence-corrected chi connectivity index (χ1v) is 5.24. The molecule has 1 aliphatic heterocycles. The van der Waals surface area contributed by atoms with Crippen LogP contribution >= 0.6 is 0 Å². The topological polar surface area (TPSA) is 35.5 Å². The molecule has 3 atom stereocenters. The normalized spacial score (nSPS) is 44.4. The van der Waals surface area contributed by atoms with Crippen molar-refractivity contribution in [1.29, 1.82) is 0 Å². The van der Waals surface area contributed by atoms with Gasteiger partial charge in [-0.15, -0.1) is 0 Å². The summed E-state index contributed by atoms with van der Waals surface area (Å²) >= 11 is 0. The summed E-state index contributed by atoms with van der Waals surface area (Å²) in [5.74, 6) is 1.78. The molecule has 3 nitrogen and oxygen atoms in total. The second-order valence-electron chi connectivity index (χ2n) is 4.60. The number of hydrogen-bond donors (Lipinski definition) is 0. The van der Waals surface area contributed by atoms with Gasteiger partial charge in [0.05, 0.1) is 13.2 Å². The third-order valence-corrected chi connectivity index (χ3v) is 3.96. The Bertz CT molecular complexity index is 320. The van der Waals surface area contributed by atoms with Gasteiger partial charge < -0.3 is 9.47 Å². The zero-order valence-corrected chi connectivity index (χ0v) is 8.29. The van der Waals surface area contributed by atoms with E-state index < -0.39 is 0 Å². The van der Waals surface area contributed by atoms with Crippen molar-refractivity contribution in [2.45, 2.75) is 31.3 Å². The van der Waals surface area contributed by atoms with Gasteiger partial charge in [-0.25, -0.2) is 4.79 Å². The lowest BCUT2D eigenvalue weighted by atomic mass is 9.83. The molecule has 2 bridgehead atoms. The van der Waals surface area contributed by atoms with Crippen molar-refractivity contribution in [2.24, 2.45) is 11.8 Å². The van der Waals surface area contributed by atoms with Crippen molar-refractivity contribution >= 4 is 5.97 Å².